The lowest BCUT2D eigenvalue weighted by atomic mass is 9.90. The number of aryl methyl sites for hydroxylation is 1. The van der Waals surface area contributed by atoms with Crippen LogP contribution in [0.3, 0.4) is 0 Å². The largest absolute Gasteiger partial charge is 0.451 e. The number of esters is 1. The molecule has 3 rings (SSSR count). The lowest BCUT2D eigenvalue weighted by molar-refractivity contribution is -0.119. The zero-order chi connectivity index (χ0) is 18.0. The van der Waals surface area contributed by atoms with Gasteiger partial charge in [-0.25, -0.2) is 13.6 Å². The van der Waals surface area contributed by atoms with Crippen molar-refractivity contribution in [3.63, 3.8) is 0 Å². The summed E-state index contributed by atoms with van der Waals surface area (Å²) < 4.78 is 31.3. The summed E-state index contributed by atoms with van der Waals surface area (Å²) in [4.78, 5) is 25.5. The van der Waals surface area contributed by atoms with Crippen LogP contribution in [-0.4, -0.2) is 18.5 Å². The minimum atomic E-state index is -0.889. The number of hydrogen-bond acceptors (Lipinski definition) is 4. The molecule has 132 valence electrons. The maximum Gasteiger partial charge on any atom is 0.348 e. The second-order valence-corrected chi connectivity index (χ2v) is 7.29. The van der Waals surface area contributed by atoms with E-state index >= 15 is 0 Å². The fourth-order valence-corrected chi connectivity index (χ4v) is 3.89. The Morgan fingerprint density at radius 2 is 2.12 bits per heavy atom. The van der Waals surface area contributed by atoms with Crippen molar-refractivity contribution in [3.8, 4) is 0 Å². The average Bonchev–Trinajstić information content (AvgIpc) is 2.98. The second kappa shape index (κ2) is 7.31. The highest BCUT2D eigenvalue weighted by Gasteiger charge is 2.22. The topological polar surface area (TPSA) is 55.4 Å². The number of rotatable bonds is 4. The molecule has 0 bridgehead atoms. The molecule has 0 saturated carbocycles. The zero-order valence-corrected chi connectivity index (χ0v) is 14.4. The standard InChI is InChI=1S/C18H17F2NO3S/c1-10-2-5-15-11(6-10)7-16(25-15)18(23)24-9-17(22)21-14-4-3-12(19)8-13(14)20/h3-4,7-8,10H,2,5-6,9H2,1H3,(H,21,22). The van der Waals surface area contributed by atoms with Crippen molar-refractivity contribution < 1.29 is 23.1 Å². The number of amides is 1. The molecule has 4 nitrogen and oxygen atoms in total. The van der Waals surface area contributed by atoms with Crippen LogP contribution in [0.4, 0.5) is 14.5 Å². The lowest BCUT2D eigenvalue weighted by Crippen LogP contribution is -2.21. The number of halogens is 2. The number of carbonyl (C=O) groups is 2. The van der Waals surface area contributed by atoms with E-state index in [1.165, 1.54) is 21.8 Å². The molecule has 0 spiro atoms. The predicted molar refractivity (Wildman–Crippen MR) is 90.8 cm³/mol. The van der Waals surface area contributed by atoms with Crippen LogP contribution in [0.15, 0.2) is 24.3 Å². The minimum Gasteiger partial charge on any atom is -0.451 e. The maximum atomic E-state index is 13.5. The molecule has 1 amide bonds. The minimum absolute atomic E-state index is 0.164. The molecule has 7 heteroatoms. The quantitative estimate of drug-likeness (QED) is 0.835. The van der Waals surface area contributed by atoms with Crippen molar-refractivity contribution in [3.05, 3.63) is 51.2 Å². The predicted octanol–water partition coefficient (Wildman–Crippen LogP) is 3.95. The van der Waals surface area contributed by atoms with Crippen molar-refractivity contribution in [2.75, 3.05) is 11.9 Å². The molecule has 0 radical (unpaired) electrons. The number of ether oxygens (including phenoxy) is 1. The maximum absolute atomic E-state index is 13.5. The molecule has 1 aromatic heterocycles. The number of thiophene rings is 1. The van der Waals surface area contributed by atoms with Crippen LogP contribution in [0, 0.1) is 17.6 Å². The van der Waals surface area contributed by atoms with Gasteiger partial charge in [0.15, 0.2) is 6.61 Å². The molecule has 1 aliphatic carbocycles. The van der Waals surface area contributed by atoms with E-state index in [-0.39, 0.29) is 5.69 Å². The van der Waals surface area contributed by atoms with E-state index in [0.29, 0.717) is 16.9 Å². The Hall–Kier alpha value is -2.28. The second-order valence-electron chi connectivity index (χ2n) is 6.16. The van der Waals surface area contributed by atoms with Crippen LogP contribution in [0.5, 0.6) is 0 Å². The third-order valence-corrected chi connectivity index (χ3v) is 5.29. The van der Waals surface area contributed by atoms with E-state index in [9.17, 15) is 18.4 Å². The first-order valence-electron chi connectivity index (χ1n) is 7.96. The molecule has 0 saturated heterocycles. The Labute approximate surface area is 147 Å². The Bertz CT molecular complexity index is 819. The normalized spacial score (nSPS) is 16.2. The van der Waals surface area contributed by atoms with Gasteiger partial charge in [0.1, 0.15) is 16.5 Å². The molecule has 1 heterocycles. The molecule has 1 aliphatic rings. The van der Waals surface area contributed by atoms with Crippen LogP contribution in [0.1, 0.15) is 33.5 Å². The van der Waals surface area contributed by atoms with Crippen molar-refractivity contribution >= 4 is 28.9 Å². The fourth-order valence-electron chi connectivity index (χ4n) is 2.79. The van der Waals surface area contributed by atoms with Crippen molar-refractivity contribution in [2.24, 2.45) is 5.92 Å². The number of anilines is 1. The molecule has 25 heavy (non-hydrogen) atoms. The number of nitrogens with one attached hydrogen (secondary N) is 1. The summed E-state index contributed by atoms with van der Waals surface area (Å²) in [6.07, 6.45) is 3.01. The van der Waals surface area contributed by atoms with Crippen LogP contribution < -0.4 is 5.32 Å². The van der Waals surface area contributed by atoms with Gasteiger partial charge in [-0.3, -0.25) is 4.79 Å². The van der Waals surface area contributed by atoms with Gasteiger partial charge in [-0.15, -0.1) is 11.3 Å². The average molecular weight is 365 g/mol. The van der Waals surface area contributed by atoms with Crippen molar-refractivity contribution in [1.29, 1.82) is 0 Å². The smallest absolute Gasteiger partial charge is 0.348 e. The first-order valence-corrected chi connectivity index (χ1v) is 8.77. The third-order valence-electron chi connectivity index (χ3n) is 4.07. The van der Waals surface area contributed by atoms with Crippen LogP contribution in [0.25, 0.3) is 0 Å². The summed E-state index contributed by atoms with van der Waals surface area (Å²) in [5, 5.41) is 2.24. The molecule has 1 unspecified atom stereocenters. The van der Waals surface area contributed by atoms with E-state index in [0.717, 1.165) is 31.4 Å². The summed E-state index contributed by atoms with van der Waals surface area (Å²) in [6.45, 7) is 1.64. The summed E-state index contributed by atoms with van der Waals surface area (Å²) in [6, 6.07) is 4.63. The van der Waals surface area contributed by atoms with Gasteiger partial charge in [-0.2, -0.15) is 0 Å². The van der Waals surface area contributed by atoms with E-state index in [1.807, 2.05) is 6.07 Å². The molecule has 1 N–H and O–H groups in total. The Morgan fingerprint density at radius 1 is 1.32 bits per heavy atom. The number of benzene rings is 1. The molecule has 2 aromatic rings. The van der Waals surface area contributed by atoms with E-state index in [4.69, 9.17) is 4.74 Å². The van der Waals surface area contributed by atoms with Gasteiger partial charge < -0.3 is 10.1 Å². The molecule has 1 aromatic carbocycles. The van der Waals surface area contributed by atoms with Gasteiger partial charge in [-0.1, -0.05) is 6.92 Å². The highest BCUT2D eigenvalue weighted by atomic mass is 32.1. The summed E-state index contributed by atoms with van der Waals surface area (Å²) in [5.74, 6) is -2.28. The number of carbonyl (C=O) groups excluding carboxylic acids is 2. The fraction of sp³-hybridized carbons (Fsp3) is 0.333. The Morgan fingerprint density at radius 3 is 2.88 bits per heavy atom. The molecule has 1 atom stereocenters. The van der Waals surface area contributed by atoms with Crippen LogP contribution in [0.2, 0.25) is 0 Å². The van der Waals surface area contributed by atoms with Crippen molar-refractivity contribution in [2.45, 2.75) is 26.2 Å². The highest BCUT2D eigenvalue weighted by Crippen LogP contribution is 2.32. The van der Waals surface area contributed by atoms with Crippen LogP contribution in [-0.2, 0) is 22.4 Å². The van der Waals surface area contributed by atoms with Crippen LogP contribution >= 0.6 is 11.3 Å². The molecule has 0 aliphatic heterocycles. The van der Waals surface area contributed by atoms with E-state index in [2.05, 4.69) is 12.2 Å². The lowest BCUT2D eigenvalue weighted by Gasteiger charge is -2.16. The first kappa shape index (κ1) is 17.5. The number of fused-ring (bicyclic) bond motifs is 1. The third kappa shape index (κ3) is 4.22. The van der Waals surface area contributed by atoms with Gasteiger partial charge in [0.25, 0.3) is 5.91 Å². The van der Waals surface area contributed by atoms with Gasteiger partial charge in [0, 0.05) is 10.9 Å². The van der Waals surface area contributed by atoms with Gasteiger partial charge in [0.2, 0.25) is 0 Å². The SMILES string of the molecule is CC1CCc2sc(C(=O)OCC(=O)Nc3ccc(F)cc3F)cc2C1. The van der Waals surface area contributed by atoms with Gasteiger partial charge in [-0.05, 0) is 48.9 Å². The van der Waals surface area contributed by atoms with Gasteiger partial charge >= 0.3 is 5.97 Å². The zero-order valence-electron chi connectivity index (χ0n) is 13.6. The van der Waals surface area contributed by atoms with E-state index < -0.39 is 30.1 Å². The Balaban J connectivity index is 1.56. The van der Waals surface area contributed by atoms with Crippen molar-refractivity contribution in [1.82, 2.24) is 0 Å². The Kier molecular flexibility index (Phi) is 5.13. The number of hydrogen-bond donors (Lipinski definition) is 1. The molecule has 0 fully saturated rings. The van der Waals surface area contributed by atoms with Gasteiger partial charge in [0.05, 0.1) is 5.69 Å². The summed E-state index contributed by atoms with van der Waals surface area (Å²) in [5.41, 5.74) is 1.01. The summed E-state index contributed by atoms with van der Waals surface area (Å²) >= 11 is 1.40. The highest BCUT2D eigenvalue weighted by molar-refractivity contribution is 7.14. The monoisotopic (exact) mass is 365 g/mol. The first-order chi connectivity index (χ1) is 11.9. The molecular formula is C18H17F2NO3S. The van der Waals surface area contributed by atoms with E-state index in [1.54, 1.807) is 0 Å². The molecular weight excluding hydrogens is 348 g/mol. The summed E-state index contributed by atoms with van der Waals surface area (Å²) in [7, 11) is 0.